The number of carbonyl (C=O) groups is 2. The third-order valence-electron chi connectivity index (χ3n) is 5.27. The number of para-hydroxylation sites is 1. The Morgan fingerprint density at radius 2 is 1.86 bits per heavy atom. The van der Waals surface area contributed by atoms with Crippen LogP contribution in [0.1, 0.15) is 58.9 Å². The van der Waals surface area contributed by atoms with Crippen LogP contribution in [0.5, 0.6) is 5.75 Å². The first-order chi connectivity index (χ1) is 13.2. The van der Waals surface area contributed by atoms with E-state index in [-0.39, 0.29) is 23.7 Å². The molecule has 0 unspecified atom stereocenters. The van der Waals surface area contributed by atoms with Gasteiger partial charge in [0.05, 0.1) is 13.0 Å². The molecule has 2 aliphatic rings. The lowest BCUT2D eigenvalue weighted by atomic mass is 9.83. The summed E-state index contributed by atoms with van der Waals surface area (Å²) in [5.74, 6) is 0.784. The molecule has 0 bridgehead atoms. The lowest BCUT2D eigenvalue weighted by molar-refractivity contribution is -0.141. The quantitative estimate of drug-likeness (QED) is 0.729. The van der Waals surface area contributed by atoms with Crippen molar-refractivity contribution in [3.8, 4) is 5.75 Å². The van der Waals surface area contributed by atoms with E-state index in [0.717, 1.165) is 29.7 Å². The number of amides is 1. The molecular weight excluding hydrogens is 354 g/mol. The summed E-state index contributed by atoms with van der Waals surface area (Å²) in [7, 11) is 0. The highest BCUT2D eigenvalue weighted by Gasteiger charge is 2.40. The van der Waals surface area contributed by atoms with Crippen molar-refractivity contribution in [2.45, 2.75) is 59.0 Å². The van der Waals surface area contributed by atoms with Gasteiger partial charge in [-0.25, -0.2) is 0 Å². The van der Waals surface area contributed by atoms with Gasteiger partial charge in [-0.3, -0.25) is 9.59 Å². The molecule has 5 nitrogen and oxygen atoms in total. The van der Waals surface area contributed by atoms with Gasteiger partial charge in [-0.15, -0.1) is 0 Å². The Morgan fingerprint density at radius 3 is 2.50 bits per heavy atom. The Hall–Kier alpha value is -2.30. The highest BCUT2D eigenvalue weighted by molar-refractivity contribution is 5.88. The number of nitrogens with zero attached hydrogens (tertiary/aromatic N) is 1. The average molecular weight is 386 g/mol. The molecule has 0 atom stereocenters. The Balaban J connectivity index is 1.77. The largest absolute Gasteiger partial charge is 0.482 e. The van der Waals surface area contributed by atoms with Crippen molar-refractivity contribution in [1.82, 2.24) is 4.90 Å². The molecule has 1 aromatic rings. The van der Waals surface area contributed by atoms with Gasteiger partial charge in [0, 0.05) is 37.9 Å². The number of rotatable bonds is 4. The van der Waals surface area contributed by atoms with Crippen LogP contribution in [0.2, 0.25) is 0 Å². The smallest absolute Gasteiger partial charge is 0.310 e. The van der Waals surface area contributed by atoms with Crippen molar-refractivity contribution in [2.75, 3.05) is 19.7 Å². The number of esters is 1. The van der Waals surface area contributed by atoms with Crippen LogP contribution < -0.4 is 4.74 Å². The second-order valence-electron chi connectivity index (χ2n) is 8.93. The molecule has 1 saturated heterocycles. The third kappa shape index (κ3) is 4.75. The third-order valence-corrected chi connectivity index (χ3v) is 5.27. The second kappa shape index (κ2) is 7.98. The number of carbonyl (C=O) groups excluding carboxylic acids is 2. The highest BCUT2D eigenvalue weighted by atomic mass is 16.5. The van der Waals surface area contributed by atoms with Crippen molar-refractivity contribution in [3.63, 3.8) is 0 Å². The van der Waals surface area contributed by atoms with Gasteiger partial charge in [-0.05, 0) is 30.1 Å². The monoisotopic (exact) mass is 385 g/mol. The predicted molar refractivity (Wildman–Crippen MR) is 109 cm³/mol. The lowest BCUT2D eigenvalue weighted by Crippen LogP contribution is -2.50. The van der Waals surface area contributed by atoms with Gasteiger partial charge in [0.1, 0.15) is 11.4 Å². The number of hydrogen-bond donors (Lipinski definition) is 0. The molecule has 0 N–H and O–H groups in total. The summed E-state index contributed by atoms with van der Waals surface area (Å²) >= 11 is 0. The van der Waals surface area contributed by atoms with E-state index >= 15 is 0 Å². The Labute approximate surface area is 167 Å². The minimum absolute atomic E-state index is 0.0147. The summed E-state index contributed by atoms with van der Waals surface area (Å²) in [5.41, 5.74) is 1.43. The van der Waals surface area contributed by atoms with E-state index in [1.54, 1.807) is 0 Å². The SMILES string of the molecule is CCOC(=O)CC1=CC2(CCN(C(=O)CC(C)(C)C)CC2)Oc2ccccc21. The van der Waals surface area contributed by atoms with E-state index in [4.69, 9.17) is 9.47 Å². The van der Waals surface area contributed by atoms with Gasteiger partial charge in [0.2, 0.25) is 5.91 Å². The van der Waals surface area contributed by atoms with Gasteiger partial charge < -0.3 is 14.4 Å². The zero-order valence-corrected chi connectivity index (χ0v) is 17.4. The maximum absolute atomic E-state index is 12.6. The fourth-order valence-corrected chi connectivity index (χ4v) is 3.92. The van der Waals surface area contributed by atoms with Crippen LogP contribution >= 0.6 is 0 Å². The van der Waals surface area contributed by atoms with Crippen LogP contribution in [0.15, 0.2) is 30.3 Å². The number of likely N-dealkylation sites (tertiary alicyclic amines) is 1. The van der Waals surface area contributed by atoms with E-state index < -0.39 is 5.60 Å². The van der Waals surface area contributed by atoms with Gasteiger partial charge in [0.15, 0.2) is 0 Å². The predicted octanol–water partition coefficient (Wildman–Crippen LogP) is 4.21. The van der Waals surface area contributed by atoms with E-state index in [2.05, 4.69) is 26.8 Å². The maximum atomic E-state index is 12.6. The van der Waals surface area contributed by atoms with Gasteiger partial charge in [-0.2, -0.15) is 0 Å². The fraction of sp³-hybridized carbons (Fsp3) is 0.565. The molecule has 2 heterocycles. The molecule has 28 heavy (non-hydrogen) atoms. The Morgan fingerprint density at radius 1 is 1.18 bits per heavy atom. The molecule has 5 heteroatoms. The van der Waals surface area contributed by atoms with E-state index in [1.165, 1.54) is 0 Å². The normalized spacial score (nSPS) is 18.1. The van der Waals surface area contributed by atoms with Crippen molar-refractivity contribution in [2.24, 2.45) is 5.41 Å². The average Bonchev–Trinajstić information content (AvgIpc) is 2.61. The van der Waals surface area contributed by atoms with Crippen molar-refractivity contribution < 1.29 is 19.1 Å². The van der Waals surface area contributed by atoms with Crippen molar-refractivity contribution >= 4 is 17.4 Å². The van der Waals surface area contributed by atoms with Crippen molar-refractivity contribution in [1.29, 1.82) is 0 Å². The molecule has 0 aromatic heterocycles. The van der Waals surface area contributed by atoms with Crippen LogP contribution in [-0.2, 0) is 14.3 Å². The zero-order valence-electron chi connectivity index (χ0n) is 17.4. The van der Waals surface area contributed by atoms with E-state index in [9.17, 15) is 9.59 Å². The maximum Gasteiger partial charge on any atom is 0.310 e. The summed E-state index contributed by atoms with van der Waals surface area (Å²) in [4.78, 5) is 26.6. The van der Waals surface area contributed by atoms with Crippen LogP contribution in [0.4, 0.5) is 0 Å². The Bertz CT molecular complexity index is 767. The summed E-state index contributed by atoms with van der Waals surface area (Å²) in [6.45, 7) is 9.78. The molecule has 2 aliphatic heterocycles. The Kier molecular flexibility index (Phi) is 5.82. The standard InChI is InChI=1S/C23H31NO4/c1-5-27-21(26)14-17-15-23(28-19-9-7-6-8-18(17)19)10-12-24(13-11-23)20(25)16-22(2,3)4/h6-9,15H,5,10-14,16H2,1-4H3. The molecule has 152 valence electrons. The molecule has 1 aromatic carbocycles. The van der Waals surface area contributed by atoms with Crippen LogP contribution in [0.3, 0.4) is 0 Å². The molecule has 0 aliphatic carbocycles. The molecule has 1 spiro atoms. The van der Waals surface area contributed by atoms with Crippen molar-refractivity contribution in [3.05, 3.63) is 35.9 Å². The number of fused-ring (bicyclic) bond motifs is 1. The summed E-state index contributed by atoms with van der Waals surface area (Å²) in [5, 5.41) is 0. The first kappa shape index (κ1) is 20.4. The molecular formula is C23H31NO4. The minimum Gasteiger partial charge on any atom is -0.482 e. The number of hydrogen-bond acceptors (Lipinski definition) is 4. The lowest BCUT2D eigenvalue weighted by Gasteiger charge is -2.43. The summed E-state index contributed by atoms with van der Waals surface area (Å²) in [6.07, 6.45) is 4.33. The highest BCUT2D eigenvalue weighted by Crippen LogP contribution is 2.42. The summed E-state index contributed by atoms with van der Waals surface area (Å²) < 4.78 is 11.6. The van der Waals surface area contributed by atoms with E-state index in [1.807, 2.05) is 36.1 Å². The molecule has 0 radical (unpaired) electrons. The van der Waals surface area contributed by atoms with Gasteiger partial charge in [-0.1, -0.05) is 39.0 Å². The number of piperidine rings is 1. The minimum atomic E-state index is -0.464. The fourth-order valence-electron chi connectivity index (χ4n) is 3.92. The molecule has 1 fully saturated rings. The number of benzene rings is 1. The summed E-state index contributed by atoms with van der Waals surface area (Å²) in [6, 6.07) is 7.83. The second-order valence-corrected chi connectivity index (χ2v) is 8.93. The topological polar surface area (TPSA) is 55.8 Å². The zero-order chi connectivity index (χ0) is 20.4. The van der Waals surface area contributed by atoms with E-state index in [0.29, 0.717) is 26.1 Å². The van der Waals surface area contributed by atoms with Gasteiger partial charge in [0.25, 0.3) is 0 Å². The van der Waals surface area contributed by atoms with Crippen LogP contribution in [0, 0.1) is 5.41 Å². The molecule has 1 amide bonds. The molecule has 0 saturated carbocycles. The first-order valence-corrected chi connectivity index (χ1v) is 10.1. The first-order valence-electron chi connectivity index (χ1n) is 10.1. The molecule has 3 rings (SSSR count). The number of ether oxygens (including phenoxy) is 2. The van der Waals surface area contributed by atoms with Gasteiger partial charge >= 0.3 is 5.97 Å². The van der Waals surface area contributed by atoms with Crippen LogP contribution in [0.25, 0.3) is 5.57 Å². The van der Waals surface area contributed by atoms with Crippen LogP contribution in [-0.4, -0.2) is 42.1 Å².